The summed E-state index contributed by atoms with van der Waals surface area (Å²) in [7, 11) is 0. The molecule has 2 atom stereocenters. The van der Waals surface area contributed by atoms with Crippen LogP contribution in [0.2, 0.25) is 0 Å². The average molecular weight is 209 g/mol. The minimum absolute atomic E-state index is 0.188. The SMILES string of the molecule is CC1=CN=CC(C)C1(CN=[N+]=[N-])[N+](=O)[O-]. The first kappa shape index (κ1) is 11.2. The number of azide groups is 1. The summed E-state index contributed by atoms with van der Waals surface area (Å²) < 4.78 is 0. The van der Waals surface area contributed by atoms with Gasteiger partial charge in [0, 0.05) is 27.8 Å². The van der Waals surface area contributed by atoms with Crippen LogP contribution in [-0.2, 0) is 0 Å². The normalized spacial score (nSPS) is 29.2. The summed E-state index contributed by atoms with van der Waals surface area (Å²) in [5.41, 5.74) is 7.42. The Morgan fingerprint density at radius 2 is 2.53 bits per heavy atom. The van der Waals surface area contributed by atoms with Crippen LogP contribution in [0.1, 0.15) is 13.8 Å². The van der Waals surface area contributed by atoms with Crippen molar-refractivity contribution in [2.45, 2.75) is 19.4 Å². The molecule has 0 radical (unpaired) electrons. The number of aliphatic imine (C=N–C) groups is 1. The Morgan fingerprint density at radius 1 is 1.87 bits per heavy atom. The zero-order valence-corrected chi connectivity index (χ0v) is 8.49. The second kappa shape index (κ2) is 4.10. The fourth-order valence-electron chi connectivity index (χ4n) is 1.65. The summed E-state index contributed by atoms with van der Waals surface area (Å²) in [6.45, 7) is 3.13. The van der Waals surface area contributed by atoms with E-state index in [1.165, 1.54) is 12.4 Å². The van der Waals surface area contributed by atoms with Gasteiger partial charge in [-0.2, -0.15) is 0 Å². The summed E-state index contributed by atoms with van der Waals surface area (Å²) >= 11 is 0. The van der Waals surface area contributed by atoms with Gasteiger partial charge in [-0.05, 0) is 12.5 Å². The maximum absolute atomic E-state index is 11.1. The summed E-state index contributed by atoms with van der Waals surface area (Å²) in [6.07, 6.45) is 2.94. The molecule has 1 rings (SSSR count). The van der Waals surface area contributed by atoms with Crippen LogP contribution in [0.5, 0.6) is 0 Å². The molecule has 1 heterocycles. The summed E-state index contributed by atoms with van der Waals surface area (Å²) in [5, 5.41) is 14.4. The van der Waals surface area contributed by atoms with Crippen LogP contribution in [0.4, 0.5) is 0 Å². The van der Waals surface area contributed by atoms with Crippen LogP contribution in [0, 0.1) is 16.0 Å². The Kier molecular flexibility index (Phi) is 3.06. The van der Waals surface area contributed by atoms with Gasteiger partial charge in [0.2, 0.25) is 0 Å². The molecule has 1 aliphatic heterocycles. The van der Waals surface area contributed by atoms with Gasteiger partial charge < -0.3 is 0 Å². The van der Waals surface area contributed by atoms with Gasteiger partial charge in [0.25, 0.3) is 5.54 Å². The lowest BCUT2D eigenvalue weighted by Crippen LogP contribution is -2.50. The lowest BCUT2D eigenvalue weighted by molar-refractivity contribution is -0.561. The number of rotatable bonds is 3. The topological polar surface area (TPSA) is 104 Å². The molecule has 0 bridgehead atoms. The minimum Gasteiger partial charge on any atom is -0.268 e. The molecule has 80 valence electrons. The molecule has 7 heteroatoms. The number of nitrogens with zero attached hydrogens (tertiary/aromatic N) is 5. The van der Waals surface area contributed by atoms with E-state index in [1.807, 2.05) is 0 Å². The van der Waals surface area contributed by atoms with E-state index in [9.17, 15) is 10.1 Å². The third-order valence-electron chi connectivity index (χ3n) is 2.71. The van der Waals surface area contributed by atoms with Crippen LogP contribution < -0.4 is 0 Å². The lowest BCUT2D eigenvalue weighted by Gasteiger charge is -2.29. The number of nitro groups is 1. The minimum atomic E-state index is -1.34. The van der Waals surface area contributed by atoms with Crippen molar-refractivity contribution < 1.29 is 4.92 Å². The van der Waals surface area contributed by atoms with E-state index < -0.39 is 10.5 Å². The Morgan fingerprint density at radius 3 is 3.00 bits per heavy atom. The summed E-state index contributed by atoms with van der Waals surface area (Å²) in [6, 6.07) is 0. The van der Waals surface area contributed by atoms with Crippen molar-refractivity contribution in [2.75, 3.05) is 6.54 Å². The number of hydrogen-bond donors (Lipinski definition) is 0. The van der Waals surface area contributed by atoms with Crippen molar-refractivity contribution in [3.8, 4) is 0 Å². The van der Waals surface area contributed by atoms with Gasteiger partial charge in [0.05, 0.1) is 5.92 Å². The van der Waals surface area contributed by atoms with E-state index in [0.29, 0.717) is 5.57 Å². The zero-order valence-electron chi connectivity index (χ0n) is 8.49. The Labute approximate surface area is 86.3 Å². The summed E-state index contributed by atoms with van der Waals surface area (Å²) in [5.74, 6) is -0.386. The Balaban J connectivity index is 3.19. The van der Waals surface area contributed by atoms with E-state index in [2.05, 4.69) is 15.0 Å². The van der Waals surface area contributed by atoms with Crippen LogP contribution in [-0.4, -0.2) is 23.2 Å². The van der Waals surface area contributed by atoms with Crippen molar-refractivity contribution in [3.63, 3.8) is 0 Å². The Bertz CT molecular complexity index is 382. The molecule has 0 aromatic carbocycles. The molecule has 0 aromatic heterocycles. The smallest absolute Gasteiger partial charge is 0.257 e. The molecule has 0 amide bonds. The predicted molar refractivity (Wildman–Crippen MR) is 55.2 cm³/mol. The first-order chi connectivity index (χ1) is 7.05. The molecule has 0 spiro atoms. The quantitative estimate of drug-likeness (QED) is 0.233. The second-order valence-corrected chi connectivity index (χ2v) is 3.47. The fraction of sp³-hybridized carbons (Fsp3) is 0.625. The maximum Gasteiger partial charge on any atom is 0.257 e. The molecule has 0 aliphatic carbocycles. The first-order valence-electron chi connectivity index (χ1n) is 4.41. The Hall–Kier alpha value is -1.88. The van der Waals surface area contributed by atoms with Crippen LogP contribution in [0.25, 0.3) is 10.4 Å². The highest BCUT2D eigenvalue weighted by Crippen LogP contribution is 2.31. The van der Waals surface area contributed by atoms with Crippen LogP contribution in [0.3, 0.4) is 0 Å². The maximum atomic E-state index is 11.1. The van der Waals surface area contributed by atoms with Crippen molar-refractivity contribution >= 4 is 6.21 Å². The summed E-state index contributed by atoms with van der Waals surface area (Å²) in [4.78, 5) is 17.2. The van der Waals surface area contributed by atoms with E-state index in [-0.39, 0.29) is 12.5 Å². The van der Waals surface area contributed by atoms with Gasteiger partial charge >= 0.3 is 0 Å². The van der Waals surface area contributed by atoms with E-state index in [0.717, 1.165) is 0 Å². The van der Waals surface area contributed by atoms with Crippen LogP contribution >= 0.6 is 0 Å². The third kappa shape index (κ3) is 1.69. The molecule has 0 fully saturated rings. The molecule has 2 unspecified atom stereocenters. The largest absolute Gasteiger partial charge is 0.268 e. The number of hydrogen-bond acceptors (Lipinski definition) is 4. The predicted octanol–water partition coefficient (Wildman–Crippen LogP) is 1.94. The molecular weight excluding hydrogens is 198 g/mol. The molecule has 0 aromatic rings. The molecule has 1 aliphatic rings. The van der Waals surface area contributed by atoms with E-state index in [4.69, 9.17) is 5.53 Å². The van der Waals surface area contributed by atoms with Crippen LogP contribution in [0.15, 0.2) is 21.9 Å². The fourth-order valence-corrected chi connectivity index (χ4v) is 1.65. The van der Waals surface area contributed by atoms with E-state index >= 15 is 0 Å². The van der Waals surface area contributed by atoms with E-state index in [1.54, 1.807) is 13.8 Å². The third-order valence-corrected chi connectivity index (χ3v) is 2.71. The second-order valence-electron chi connectivity index (χ2n) is 3.47. The highest BCUT2D eigenvalue weighted by atomic mass is 16.6. The van der Waals surface area contributed by atoms with Crippen molar-refractivity contribution in [1.82, 2.24) is 0 Å². The standard InChI is InChI=1S/C8H11N5O2/c1-6-3-10-4-7(2)8(6,13(14)15)5-11-12-9/h3-4,6H,5H2,1-2H3. The van der Waals surface area contributed by atoms with Gasteiger partial charge in [-0.3, -0.25) is 15.1 Å². The molecule has 0 saturated heterocycles. The van der Waals surface area contributed by atoms with Crippen molar-refractivity contribution in [1.29, 1.82) is 0 Å². The first-order valence-corrected chi connectivity index (χ1v) is 4.41. The van der Waals surface area contributed by atoms with Gasteiger partial charge in [-0.1, -0.05) is 12.0 Å². The van der Waals surface area contributed by atoms with Gasteiger partial charge in [-0.25, -0.2) is 0 Å². The van der Waals surface area contributed by atoms with Crippen molar-refractivity contribution in [2.24, 2.45) is 16.0 Å². The van der Waals surface area contributed by atoms with Gasteiger partial charge in [0.1, 0.15) is 6.54 Å². The van der Waals surface area contributed by atoms with Gasteiger partial charge in [0.15, 0.2) is 0 Å². The van der Waals surface area contributed by atoms with Gasteiger partial charge in [-0.15, -0.1) is 0 Å². The molecule has 0 saturated carbocycles. The molecule has 0 N–H and O–H groups in total. The molecular formula is C8H11N5O2. The highest BCUT2D eigenvalue weighted by molar-refractivity contribution is 5.66. The molecule has 15 heavy (non-hydrogen) atoms. The monoisotopic (exact) mass is 209 g/mol. The molecule has 7 nitrogen and oxygen atoms in total. The van der Waals surface area contributed by atoms with Crippen molar-refractivity contribution in [3.05, 3.63) is 32.3 Å². The average Bonchev–Trinajstić information content (AvgIpc) is 2.17. The lowest BCUT2D eigenvalue weighted by atomic mass is 9.79. The zero-order chi connectivity index (χ0) is 11.5. The highest BCUT2D eigenvalue weighted by Gasteiger charge is 2.50.